The van der Waals surface area contributed by atoms with E-state index < -0.39 is 17.5 Å². The van der Waals surface area contributed by atoms with Crippen molar-refractivity contribution >= 4 is 23.3 Å². The van der Waals surface area contributed by atoms with E-state index in [1.165, 1.54) is 6.92 Å². The molecule has 1 rings (SSSR count). The summed E-state index contributed by atoms with van der Waals surface area (Å²) in [6, 6.07) is -0.757. The predicted molar refractivity (Wildman–Crippen MR) is 77.9 cm³/mol. The Morgan fingerprint density at radius 2 is 2.15 bits per heavy atom. The number of nitrogens with one attached hydrogen (secondary N) is 2. The molecule has 7 heteroatoms. The smallest absolute Gasteiger partial charge is 0.329 e. The molecule has 1 heterocycles. The van der Waals surface area contributed by atoms with Crippen LogP contribution in [0.15, 0.2) is 6.20 Å². The van der Waals surface area contributed by atoms with Gasteiger partial charge in [-0.15, -0.1) is 11.3 Å². The Balaban J connectivity index is 2.64. The molecular formula is C13H21N3O3S. The lowest BCUT2D eigenvalue weighted by Crippen LogP contribution is -2.55. The second kappa shape index (κ2) is 6.69. The predicted octanol–water partition coefficient (Wildman–Crippen LogP) is 2.32. The maximum atomic E-state index is 11.9. The van der Waals surface area contributed by atoms with Gasteiger partial charge in [0.1, 0.15) is 10.5 Å². The van der Waals surface area contributed by atoms with E-state index in [9.17, 15) is 9.59 Å². The zero-order valence-corrected chi connectivity index (χ0v) is 13.0. The van der Waals surface area contributed by atoms with Gasteiger partial charge in [-0.3, -0.25) is 0 Å². The number of aryl methyl sites for hydroxylation is 1. The molecule has 2 atom stereocenters. The summed E-state index contributed by atoms with van der Waals surface area (Å²) >= 11 is 1.54. The minimum absolute atomic E-state index is 0.254. The van der Waals surface area contributed by atoms with Gasteiger partial charge < -0.3 is 15.7 Å². The number of amides is 2. The van der Waals surface area contributed by atoms with Crippen LogP contribution in [0, 0.1) is 0 Å². The number of aromatic nitrogens is 1. The van der Waals surface area contributed by atoms with Crippen LogP contribution in [-0.4, -0.2) is 27.6 Å². The van der Waals surface area contributed by atoms with E-state index in [0.717, 1.165) is 16.3 Å². The fraction of sp³-hybridized carbons (Fsp3) is 0.615. The first-order valence-electron chi connectivity index (χ1n) is 6.59. The lowest BCUT2D eigenvalue weighted by atomic mass is 10.00. The highest BCUT2D eigenvalue weighted by Gasteiger charge is 2.33. The maximum Gasteiger partial charge on any atom is 0.329 e. The van der Waals surface area contributed by atoms with E-state index in [2.05, 4.69) is 15.6 Å². The van der Waals surface area contributed by atoms with Gasteiger partial charge in [0, 0.05) is 11.1 Å². The van der Waals surface area contributed by atoms with E-state index in [-0.39, 0.29) is 6.04 Å². The van der Waals surface area contributed by atoms with Crippen LogP contribution in [0.25, 0.3) is 0 Å². The van der Waals surface area contributed by atoms with Gasteiger partial charge in [-0.05, 0) is 26.7 Å². The van der Waals surface area contributed by atoms with Crippen LogP contribution >= 0.6 is 11.3 Å². The fourth-order valence-electron chi connectivity index (χ4n) is 1.52. The Bertz CT molecular complexity index is 489. The largest absolute Gasteiger partial charge is 0.480 e. The molecule has 0 spiro atoms. The van der Waals surface area contributed by atoms with Crippen molar-refractivity contribution in [2.45, 2.75) is 52.1 Å². The molecule has 0 aliphatic carbocycles. The van der Waals surface area contributed by atoms with Gasteiger partial charge in [0.2, 0.25) is 0 Å². The van der Waals surface area contributed by atoms with Crippen LogP contribution < -0.4 is 10.6 Å². The van der Waals surface area contributed by atoms with E-state index in [1.807, 2.05) is 13.8 Å². The SMILES string of the molecule is CCc1cnc(C(C)NC(=O)NC(C)(CC)C(=O)O)s1. The number of carboxylic acid groups (broad SMARTS) is 1. The van der Waals surface area contributed by atoms with Crippen LogP contribution in [0.5, 0.6) is 0 Å². The van der Waals surface area contributed by atoms with E-state index in [1.54, 1.807) is 24.5 Å². The zero-order chi connectivity index (χ0) is 15.3. The third-order valence-electron chi connectivity index (χ3n) is 3.21. The molecular weight excluding hydrogens is 278 g/mol. The molecule has 20 heavy (non-hydrogen) atoms. The Hall–Kier alpha value is -1.63. The first-order chi connectivity index (χ1) is 9.32. The second-order valence-electron chi connectivity index (χ2n) is 4.83. The molecule has 2 unspecified atom stereocenters. The van der Waals surface area contributed by atoms with Crippen molar-refractivity contribution in [1.82, 2.24) is 15.6 Å². The van der Waals surface area contributed by atoms with Gasteiger partial charge in [0.05, 0.1) is 6.04 Å². The third-order valence-corrected chi connectivity index (χ3v) is 4.53. The van der Waals surface area contributed by atoms with Gasteiger partial charge in [-0.1, -0.05) is 13.8 Å². The average Bonchev–Trinajstić information content (AvgIpc) is 2.86. The Morgan fingerprint density at radius 1 is 1.50 bits per heavy atom. The summed E-state index contributed by atoms with van der Waals surface area (Å²) in [7, 11) is 0. The quantitative estimate of drug-likeness (QED) is 0.751. The van der Waals surface area contributed by atoms with Crippen LogP contribution in [0.1, 0.15) is 50.0 Å². The van der Waals surface area contributed by atoms with Crippen molar-refractivity contribution in [1.29, 1.82) is 0 Å². The first-order valence-corrected chi connectivity index (χ1v) is 7.40. The van der Waals surface area contributed by atoms with Crippen LogP contribution in [0.3, 0.4) is 0 Å². The topological polar surface area (TPSA) is 91.3 Å². The average molecular weight is 299 g/mol. The van der Waals surface area contributed by atoms with E-state index in [4.69, 9.17) is 5.11 Å². The summed E-state index contributed by atoms with van der Waals surface area (Å²) in [5.41, 5.74) is -1.26. The molecule has 1 aromatic heterocycles. The third kappa shape index (κ3) is 3.93. The number of hydrogen-bond donors (Lipinski definition) is 3. The summed E-state index contributed by atoms with van der Waals surface area (Å²) in [5, 5.41) is 15.1. The van der Waals surface area contributed by atoms with Crippen molar-refractivity contribution in [2.75, 3.05) is 0 Å². The van der Waals surface area contributed by atoms with Crippen molar-refractivity contribution in [3.8, 4) is 0 Å². The van der Waals surface area contributed by atoms with Gasteiger partial charge >= 0.3 is 12.0 Å². The molecule has 1 aromatic rings. The lowest BCUT2D eigenvalue weighted by molar-refractivity contribution is -0.143. The van der Waals surface area contributed by atoms with Gasteiger partial charge in [-0.25, -0.2) is 14.6 Å². The summed E-state index contributed by atoms with van der Waals surface area (Å²) in [6.45, 7) is 7.06. The Kier molecular flexibility index (Phi) is 5.50. The fourth-order valence-corrected chi connectivity index (χ4v) is 2.38. The normalized spacial score (nSPS) is 15.2. The summed E-state index contributed by atoms with van der Waals surface area (Å²) in [5.74, 6) is -1.05. The zero-order valence-electron chi connectivity index (χ0n) is 12.2. The minimum Gasteiger partial charge on any atom is -0.480 e. The molecule has 0 radical (unpaired) electrons. The minimum atomic E-state index is -1.26. The molecule has 0 aromatic carbocycles. The molecule has 2 amide bonds. The number of aliphatic carboxylic acids is 1. The van der Waals surface area contributed by atoms with Crippen molar-refractivity contribution in [2.24, 2.45) is 0 Å². The number of carbonyl (C=O) groups excluding carboxylic acids is 1. The highest BCUT2D eigenvalue weighted by Crippen LogP contribution is 2.20. The molecule has 0 bridgehead atoms. The highest BCUT2D eigenvalue weighted by atomic mass is 32.1. The number of nitrogens with zero attached hydrogens (tertiary/aromatic N) is 1. The summed E-state index contributed by atoms with van der Waals surface area (Å²) in [6.07, 6.45) is 3.01. The molecule has 0 saturated carbocycles. The monoisotopic (exact) mass is 299 g/mol. The number of urea groups is 1. The maximum absolute atomic E-state index is 11.9. The Morgan fingerprint density at radius 3 is 2.60 bits per heavy atom. The molecule has 0 saturated heterocycles. The number of rotatable bonds is 6. The number of hydrogen-bond acceptors (Lipinski definition) is 4. The van der Waals surface area contributed by atoms with Gasteiger partial charge in [-0.2, -0.15) is 0 Å². The highest BCUT2D eigenvalue weighted by molar-refractivity contribution is 7.11. The van der Waals surface area contributed by atoms with E-state index >= 15 is 0 Å². The van der Waals surface area contributed by atoms with Gasteiger partial charge in [0.25, 0.3) is 0 Å². The first kappa shape index (κ1) is 16.4. The number of carbonyl (C=O) groups is 2. The molecule has 0 fully saturated rings. The standard InChI is InChI=1S/C13H21N3O3S/c1-5-9-7-14-10(20-9)8(3)15-12(19)16-13(4,6-2)11(17)18/h7-8H,5-6H2,1-4H3,(H,17,18)(H2,15,16,19). The Labute approximate surface area is 122 Å². The van der Waals surface area contributed by atoms with E-state index in [0.29, 0.717) is 6.42 Å². The van der Waals surface area contributed by atoms with Crippen molar-refractivity contribution < 1.29 is 14.7 Å². The van der Waals surface area contributed by atoms with Crippen LogP contribution in [0.4, 0.5) is 4.79 Å². The van der Waals surface area contributed by atoms with Crippen molar-refractivity contribution in [3.63, 3.8) is 0 Å². The van der Waals surface area contributed by atoms with Crippen LogP contribution in [0.2, 0.25) is 0 Å². The summed E-state index contributed by atoms with van der Waals surface area (Å²) < 4.78 is 0. The molecule has 0 aliphatic rings. The number of thiazole rings is 1. The number of carboxylic acids is 1. The molecule has 3 N–H and O–H groups in total. The second-order valence-corrected chi connectivity index (χ2v) is 5.98. The van der Waals surface area contributed by atoms with Gasteiger partial charge in [0.15, 0.2) is 0 Å². The molecule has 112 valence electrons. The lowest BCUT2D eigenvalue weighted by Gasteiger charge is -2.25. The van der Waals surface area contributed by atoms with Crippen molar-refractivity contribution in [3.05, 3.63) is 16.1 Å². The molecule has 6 nitrogen and oxygen atoms in total. The van der Waals surface area contributed by atoms with Crippen LogP contribution in [-0.2, 0) is 11.2 Å². The molecule has 0 aliphatic heterocycles. The summed E-state index contributed by atoms with van der Waals surface area (Å²) in [4.78, 5) is 28.4.